The average molecular weight is 869 g/mol. The number of ether oxygens (including phenoxy) is 6. The van der Waals surface area contributed by atoms with Crippen LogP contribution >= 0.6 is 0 Å². The van der Waals surface area contributed by atoms with E-state index < -0.39 is 4.92 Å². The van der Waals surface area contributed by atoms with Gasteiger partial charge in [-0.25, -0.2) is 24.9 Å². The summed E-state index contributed by atoms with van der Waals surface area (Å²) in [5.74, 6) is 2.70. The van der Waals surface area contributed by atoms with Gasteiger partial charge in [0.15, 0.2) is 28.8 Å². The van der Waals surface area contributed by atoms with Gasteiger partial charge in [-0.3, -0.25) is 14.7 Å². The molecule has 5 aromatic heterocycles. The van der Waals surface area contributed by atoms with Crippen molar-refractivity contribution in [1.82, 2.24) is 29.5 Å². The second-order valence-corrected chi connectivity index (χ2v) is 13.9. The molecule has 0 spiro atoms. The lowest BCUT2D eigenvalue weighted by molar-refractivity contribution is -0.384. The summed E-state index contributed by atoms with van der Waals surface area (Å²) >= 11 is 0. The van der Waals surface area contributed by atoms with Gasteiger partial charge in [-0.2, -0.15) is 10.5 Å². The van der Waals surface area contributed by atoms with Crippen molar-refractivity contribution in [1.29, 1.82) is 10.5 Å². The third-order valence-electron chi connectivity index (χ3n) is 9.48. The highest BCUT2D eigenvalue weighted by Crippen LogP contribution is 2.36. The summed E-state index contributed by atoms with van der Waals surface area (Å²) < 4.78 is 34.7. The maximum atomic E-state index is 11.7. The first kappa shape index (κ1) is 45.7. The predicted molar refractivity (Wildman–Crippen MR) is 226 cm³/mol. The molecule has 0 aromatic carbocycles. The van der Waals surface area contributed by atoms with Gasteiger partial charge < -0.3 is 54.6 Å². The molecule has 63 heavy (non-hydrogen) atoms. The van der Waals surface area contributed by atoms with Crippen molar-refractivity contribution in [3.8, 4) is 29.5 Å². The van der Waals surface area contributed by atoms with Crippen molar-refractivity contribution in [2.75, 3.05) is 95.2 Å². The lowest BCUT2D eigenvalue weighted by atomic mass is 10.1. The predicted octanol–water partition coefficient (Wildman–Crippen LogP) is 3.64. The number of rotatable bonds is 20. The van der Waals surface area contributed by atoms with E-state index in [4.69, 9.17) is 54.1 Å². The van der Waals surface area contributed by atoms with Gasteiger partial charge in [0.05, 0.1) is 61.8 Å². The number of aromatic nitrogens is 6. The first-order valence-electron chi connectivity index (χ1n) is 20.3. The SMILES string of the molecule is N#Cc1ccc(-n2cnc3cc(OCCOCCO)c(NC4CCOCC4)nc32)nc1.N#Cc1ccc(Nc2nc(NC3CCOCC3)c(OCCOCCO)cc2[N+](=O)[O-])nc1. The minimum absolute atomic E-state index is 0.00866. The zero-order valence-electron chi connectivity index (χ0n) is 34.3. The highest BCUT2D eigenvalue weighted by atomic mass is 16.6. The van der Waals surface area contributed by atoms with Crippen LogP contribution < -0.4 is 25.4 Å². The number of fused-ring (bicyclic) bond motifs is 1. The Hall–Kier alpha value is -6.79. The lowest BCUT2D eigenvalue weighted by Crippen LogP contribution is -2.28. The van der Waals surface area contributed by atoms with E-state index in [1.807, 2.05) is 12.1 Å². The molecular weight excluding hydrogens is 821 g/mol. The maximum Gasteiger partial charge on any atom is 0.315 e. The van der Waals surface area contributed by atoms with Crippen LogP contribution in [-0.2, 0) is 18.9 Å². The molecule has 5 aromatic rings. The Balaban J connectivity index is 0.000000210. The maximum absolute atomic E-state index is 11.7. The van der Waals surface area contributed by atoms with Gasteiger partial charge in [-0.05, 0) is 49.9 Å². The molecule has 22 nitrogen and oxygen atoms in total. The number of nitrogens with zero attached hydrogens (tertiary/aromatic N) is 9. The molecule has 0 radical (unpaired) electrons. The number of nitrogens with one attached hydrogen (secondary N) is 3. The summed E-state index contributed by atoms with van der Waals surface area (Å²) in [5.41, 5.74) is 1.86. The van der Waals surface area contributed by atoms with E-state index in [-0.39, 0.29) is 69.0 Å². The highest BCUT2D eigenvalue weighted by Gasteiger charge is 2.25. The summed E-state index contributed by atoms with van der Waals surface area (Å²) in [6.45, 7) is 3.98. The van der Waals surface area contributed by atoms with Gasteiger partial charge in [0.25, 0.3) is 0 Å². The molecule has 22 heteroatoms. The van der Waals surface area contributed by atoms with E-state index in [0.717, 1.165) is 25.7 Å². The number of anilines is 4. The number of aliphatic hydroxyl groups is 2. The van der Waals surface area contributed by atoms with E-state index in [1.165, 1.54) is 18.5 Å². The molecule has 0 aliphatic carbocycles. The molecule has 0 atom stereocenters. The second kappa shape index (κ2) is 24.0. The summed E-state index contributed by atoms with van der Waals surface area (Å²) in [4.78, 5) is 33.2. The van der Waals surface area contributed by atoms with E-state index in [1.54, 1.807) is 35.2 Å². The lowest BCUT2D eigenvalue weighted by Gasteiger charge is -2.25. The second-order valence-electron chi connectivity index (χ2n) is 13.9. The van der Waals surface area contributed by atoms with Crippen molar-refractivity contribution in [2.45, 2.75) is 37.8 Å². The first-order valence-corrected chi connectivity index (χ1v) is 20.3. The van der Waals surface area contributed by atoms with Crippen LogP contribution in [0.2, 0.25) is 0 Å². The van der Waals surface area contributed by atoms with Gasteiger partial charge in [0.2, 0.25) is 5.82 Å². The minimum Gasteiger partial charge on any atom is -0.487 e. The van der Waals surface area contributed by atoms with Gasteiger partial charge in [0.1, 0.15) is 48.8 Å². The van der Waals surface area contributed by atoms with Crippen LogP contribution in [0.15, 0.2) is 55.1 Å². The zero-order valence-corrected chi connectivity index (χ0v) is 34.3. The summed E-state index contributed by atoms with van der Waals surface area (Å²) in [6.07, 6.45) is 7.82. The molecule has 2 saturated heterocycles. The number of aliphatic hydroxyl groups excluding tert-OH is 2. The van der Waals surface area contributed by atoms with E-state index in [0.29, 0.717) is 91.0 Å². The van der Waals surface area contributed by atoms with E-state index >= 15 is 0 Å². The number of pyridine rings is 4. The van der Waals surface area contributed by atoms with Crippen LogP contribution in [0.5, 0.6) is 11.5 Å². The molecule has 2 aliphatic heterocycles. The topological polar surface area (TPSA) is 292 Å². The Morgan fingerprint density at radius 2 is 1.32 bits per heavy atom. The van der Waals surface area contributed by atoms with Crippen molar-refractivity contribution in [2.24, 2.45) is 0 Å². The summed E-state index contributed by atoms with van der Waals surface area (Å²) in [6, 6.07) is 14.0. The number of nitro groups is 1. The van der Waals surface area contributed by atoms with Gasteiger partial charge in [-0.15, -0.1) is 0 Å². The normalized spacial score (nSPS) is 14.2. The largest absolute Gasteiger partial charge is 0.487 e. The third-order valence-corrected chi connectivity index (χ3v) is 9.48. The molecule has 0 bridgehead atoms. The molecule has 2 fully saturated rings. The number of hydrogen-bond acceptors (Lipinski definition) is 20. The molecule has 5 N–H and O–H groups in total. The zero-order chi connectivity index (χ0) is 44.2. The van der Waals surface area contributed by atoms with Gasteiger partial charge >= 0.3 is 5.69 Å². The summed E-state index contributed by atoms with van der Waals surface area (Å²) in [5, 5.41) is 56.8. The molecule has 2 aliphatic rings. The van der Waals surface area contributed by atoms with Crippen molar-refractivity contribution < 1.29 is 43.6 Å². The number of imidazole rings is 1. The highest BCUT2D eigenvalue weighted by molar-refractivity contribution is 5.78. The smallest absolute Gasteiger partial charge is 0.315 e. The van der Waals surface area contributed by atoms with E-state index in [9.17, 15) is 10.1 Å². The van der Waals surface area contributed by atoms with Gasteiger partial charge in [0, 0.05) is 57.0 Å². The Kier molecular flexibility index (Phi) is 17.4. The van der Waals surface area contributed by atoms with E-state index in [2.05, 4.69) is 42.0 Å². The number of hydrogen-bond donors (Lipinski definition) is 5. The fourth-order valence-electron chi connectivity index (χ4n) is 6.31. The Morgan fingerprint density at radius 1 is 0.746 bits per heavy atom. The average Bonchev–Trinajstić information content (AvgIpc) is 3.73. The van der Waals surface area contributed by atoms with Crippen LogP contribution in [0.4, 0.5) is 29.0 Å². The Labute approximate surface area is 361 Å². The molecular formula is C41H48N12O10. The summed E-state index contributed by atoms with van der Waals surface area (Å²) in [7, 11) is 0. The molecule has 0 saturated carbocycles. The monoisotopic (exact) mass is 868 g/mol. The van der Waals surface area contributed by atoms with Crippen LogP contribution in [0.25, 0.3) is 17.0 Å². The van der Waals surface area contributed by atoms with Crippen molar-refractivity contribution in [3.63, 3.8) is 0 Å². The van der Waals surface area contributed by atoms with Crippen molar-refractivity contribution in [3.05, 3.63) is 76.4 Å². The van der Waals surface area contributed by atoms with Crippen LogP contribution in [0, 0.1) is 32.8 Å². The molecule has 7 heterocycles. The molecule has 332 valence electrons. The quantitative estimate of drug-likeness (QED) is 0.0424. The standard InChI is InChI=1S/C21H24N6O4.C20H24N6O6/c22-12-15-1-2-19(23-13-15)27-14-24-17-11-18(31-10-9-30-8-5-28)20(26-21(17)27)25-16-3-6-29-7-4-16;21-12-14-1-2-18(22-13-14)24-19-16(26(28)29)11-17(32-10-9-31-8-5-27)20(25-19)23-15-3-6-30-7-4-15/h1-2,11,13-14,16,28H,3-10H2,(H,25,26);1-2,11,13,15,27H,3-10H2,(H2,22,23,24,25). The first-order chi connectivity index (χ1) is 30.9. The van der Waals surface area contributed by atoms with Crippen LogP contribution in [-0.4, -0.2) is 136 Å². The molecule has 0 unspecified atom stereocenters. The Morgan fingerprint density at radius 3 is 1.84 bits per heavy atom. The number of nitriles is 2. The Bertz CT molecular complexity index is 2310. The molecule has 0 amide bonds. The fraction of sp³-hybridized carbons (Fsp3) is 0.439. The third kappa shape index (κ3) is 13.3. The van der Waals surface area contributed by atoms with Crippen LogP contribution in [0.3, 0.4) is 0 Å². The van der Waals surface area contributed by atoms with Gasteiger partial charge in [-0.1, -0.05) is 0 Å². The minimum atomic E-state index is -0.563. The molecule has 7 rings (SSSR count). The van der Waals surface area contributed by atoms with Crippen molar-refractivity contribution >= 4 is 40.1 Å². The fourth-order valence-corrected chi connectivity index (χ4v) is 6.31. The van der Waals surface area contributed by atoms with Crippen LogP contribution in [0.1, 0.15) is 36.8 Å².